The van der Waals surface area contributed by atoms with Crippen LogP contribution in [0.25, 0.3) is 121 Å². The molecule has 3 N–H and O–H groups in total. The van der Waals surface area contributed by atoms with Crippen molar-refractivity contribution in [1.29, 1.82) is 42.1 Å². The van der Waals surface area contributed by atoms with Crippen LogP contribution < -0.4 is 0 Å². The van der Waals surface area contributed by atoms with Gasteiger partial charge in [-0.1, -0.05) is 135 Å². The summed E-state index contributed by atoms with van der Waals surface area (Å²) in [6.45, 7) is 19.2. The van der Waals surface area contributed by atoms with Gasteiger partial charge in [0.05, 0.1) is 89.0 Å². The number of benzene rings is 7. The minimum Gasteiger partial charge on any atom is -0.353 e. The molecular weight excluding hydrogens is 1040 g/mol. The van der Waals surface area contributed by atoms with Crippen LogP contribution in [0.4, 0.5) is 0 Å². The molecule has 0 fully saturated rings. The molecule has 12 nitrogen and oxygen atoms in total. The van der Waals surface area contributed by atoms with Crippen molar-refractivity contribution in [2.45, 2.75) is 78.6 Å². The van der Waals surface area contributed by atoms with Crippen molar-refractivity contribution in [3.05, 3.63) is 183 Å². The highest BCUT2D eigenvalue weighted by molar-refractivity contribution is 6.26. The summed E-state index contributed by atoms with van der Waals surface area (Å²) in [5.74, 6) is 0. The molecule has 0 saturated heterocycles. The van der Waals surface area contributed by atoms with Gasteiger partial charge in [-0.15, -0.1) is 0 Å². The van der Waals surface area contributed by atoms with Crippen LogP contribution >= 0.6 is 0 Å². The molecule has 1 aliphatic heterocycles. The molecule has 0 saturated carbocycles. The average molecular weight is 1100 g/mol. The van der Waals surface area contributed by atoms with Crippen molar-refractivity contribution < 1.29 is 0 Å². The Morgan fingerprint density at radius 1 is 0.282 bits per heavy atom. The van der Waals surface area contributed by atoms with Crippen LogP contribution in [0, 0.1) is 90.6 Å². The summed E-state index contributed by atoms with van der Waals surface area (Å²) in [6, 6.07) is 56.5. The van der Waals surface area contributed by atoms with E-state index in [4.69, 9.17) is 4.98 Å². The second-order valence-corrected chi connectivity index (χ2v) is 24.7. The van der Waals surface area contributed by atoms with Crippen LogP contribution in [0.1, 0.15) is 124 Å². The van der Waals surface area contributed by atoms with Crippen LogP contribution in [-0.4, -0.2) is 19.9 Å². The Balaban J connectivity index is 1.49. The largest absolute Gasteiger partial charge is 0.353 e. The third-order valence-electron chi connectivity index (χ3n) is 16.5. The number of aromatic amines is 3. The van der Waals surface area contributed by atoms with Gasteiger partial charge in [0.15, 0.2) is 0 Å². The van der Waals surface area contributed by atoms with Crippen molar-refractivity contribution in [2.24, 2.45) is 0 Å². The quantitative estimate of drug-likeness (QED) is 0.152. The maximum absolute atomic E-state index is 10.9. The van der Waals surface area contributed by atoms with Gasteiger partial charge in [-0.2, -0.15) is 42.1 Å². The highest BCUT2D eigenvalue weighted by atomic mass is 14.8. The number of rotatable bonds is 3. The summed E-state index contributed by atoms with van der Waals surface area (Å²) in [6.07, 6.45) is 0. The lowest BCUT2D eigenvalue weighted by Gasteiger charge is -2.19. The van der Waals surface area contributed by atoms with Crippen LogP contribution in [0.3, 0.4) is 0 Å². The molecule has 8 bridgehead atoms. The Bertz CT molecular complexity index is 5290. The second-order valence-electron chi connectivity index (χ2n) is 24.7. The molecule has 2 aliphatic rings. The molecular formula is C73H50N12. The number of aromatic nitrogens is 4. The SMILES string of the molecule is CC(C)(C)c1ccc(-c2c3nc(c4[nH]c(c(-c5ccc(C(C)(C)C)cc5)c5[nH]c(c(-c6ccc(C(C)(C)C)cc6)c6[nH]c2c2cc(C#N)c(C#N)cc62)c2cc(C#N)c(C#N)cc52)c2cc(C#N)c(C#N)cc42)-c2cc(C#N)c(C#N)cc2-3)cc1. The van der Waals surface area contributed by atoms with E-state index in [2.05, 4.69) is 162 Å². The Kier molecular flexibility index (Phi) is 12.3. The Morgan fingerprint density at radius 2 is 0.506 bits per heavy atom. The fraction of sp³-hybridized carbons (Fsp3) is 0.164. The van der Waals surface area contributed by atoms with Gasteiger partial charge < -0.3 is 15.0 Å². The van der Waals surface area contributed by atoms with Gasteiger partial charge in [-0.05, 0) is 98.2 Å². The standard InChI is InChI=1S/C73H50N12/c1-71(2,3)49-16-10-38(11-17-49)60-63-52-22-41(30-74)43(32-76)24-54(52)65(82-63)61(39-12-18-50(19-13-39)72(4,5)6)67-56-26-45(34-78)47(36-80)28-58(56)69(84-67)70-59-29-48(37-81)46(35-79)27-57(59)68(85-70)62(40-14-20-51(21-15-40)73(7,8)9)66-55-25-44(33-77)42(31-75)23-53(55)64(60)83-66/h10-29,82-84H,1-9H3. The summed E-state index contributed by atoms with van der Waals surface area (Å²) in [4.78, 5) is 17.4. The summed E-state index contributed by atoms with van der Waals surface area (Å²) in [5.41, 5.74) is 12.2. The van der Waals surface area contributed by atoms with E-state index in [9.17, 15) is 42.1 Å². The number of H-pyrrole nitrogens is 3. The van der Waals surface area contributed by atoms with E-state index in [0.717, 1.165) is 27.8 Å². The third-order valence-corrected chi connectivity index (χ3v) is 16.5. The number of nitriles is 8. The normalized spacial score (nSPS) is 11.7. The van der Waals surface area contributed by atoms with Gasteiger partial charge in [-0.3, -0.25) is 0 Å². The monoisotopic (exact) mass is 1090 g/mol. The van der Waals surface area contributed by atoms with Crippen LogP contribution in [0.5, 0.6) is 0 Å². The molecule has 12 rings (SSSR count). The van der Waals surface area contributed by atoms with Gasteiger partial charge in [0.1, 0.15) is 48.6 Å². The summed E-state index contributed by atoms with van der Waals surface area (Å²) in [5, 5.41) is 89.9. The zero-order valence-corrected chi connectivity index (χ0v) is 48.1. The van der Waals surface area contributed by atoms with E-state index >= 15 is 0 Å². The smallest absolute Gasteiger partial charge is 0.101 e. The Morgan fingerprint density at radius 3 is 0.776 bits per heavy atom. The molecule has 1 aliphatic carbocycles. The molecule has 10 aromatic rings. The first-order valence-electron chi connectivity index (χ1n) is 27.6. The molecule has 7 aromatic carbocycles. The van der Waals surface area contributed by atoms with Crippen molar-refractivity contribution >= 4 is 65.4 Å². The number of hydrogen-bond donors (Lipinski definition) is 3. The third kappa shape index (κ3) is 8.54. The van der Waals surface area contributed by atoms with E-state index in [0.29, 0.717) is 110 Å². The van der Waals surface area contributed by atoms with Crippen LogP contribution in [0.2, 0.25) is 0 Å². The maximum atomic E-state index is 10.9. The zero-order valence-electron chi connectivity index (χ0n) is 48.1. The first-order valence-corrected chi connectivity index (χ1v) is 27.6. The van der Waals surface area contributed by atoms with E-state index < -0.39 is 0 Å². The fourth-order valence-corrected chi connectivity index (χ4v) is 12.0. The predicted octanol–water partition coefficient (Wildman–Crippen LogP) is 17.2. The molecule has 85 heavy (non-hydrogen) atoms. The molecule has 402 valence electrons. The molecule has 0 atom stereocenters. The van der Waals surface area contributed by atoms with E-state index in [1.807, 2.05) is 36.4 Å². The Hall–Kier alpha value is -11.8. The van der Waals surface area contributed by atoms with Crippen molar-refractivity contribution in [1.82, 2.24) is 19.9 Å². The van der Waals surface area contributed by atoms with Gasteiger partial charge >= 0.3 is 0 Å². The minimum atomic E-state index is -0.242. The average Bonchev–Trinajstić information content (AvgIpc) is 1.62. The van der Waals surface area contributed by atoms with Crippen LogP contribution in [0.15, 0.2) is 121 Å². The highest BCUT2D eigenvalue weighted by Gasteiger charge is 2.30. The molecule has 3 aromatic heterocycles. The number of fused-ring (bicyclic) bond motifs is 1. The topological polar surface area (TPSA) is 251 Å². The van der Waals surface area contributed by atoms with Crippen LogP contribution in [-0.2, 0) is 16.2 Å². The second kappa shape index (κ2) is 19.5. The van der Waals surface area contributed by atoms with Gasteiger partial charge in [0.25, 0.3) is 0 Å². The van der Waals surface area contributed by atoms with Gasteiger partial charge in [-0.25, -0.2) is 4.98 Å². The zero-order chi connectivity index (χ0) is 60.2. The van der Waals surface area contributed by atoms with E-state index in [1.165, 1.54) is 0 Å². The Labute approximate surface area is 490 Å². The van der Waals surface area contributed by atoms with Gasteiger partial charge in [0, 0.05) is 60.1 Å². The summed E-state index contributed by atoms with van der Waals surface area (Å²) in [7, 11) is 0. The number of nitrogens with one attached hydrogen (secondary N) is 3. The molecule has 0 amide bonds. The molecule has 4 heterocycles. The van der Waals surface area contributed by atoms with Gasteiger partial charge in [0.2, 0.25) is 0 Å². The first kappa shape index (κ1) is 53.9. The number of nitrogens with zero attached hydrogens (tertiary/aromatic N) is 9. The predicted molar refractivity (Wildman–Crippen MR) is 333 cm³/mol. The first-order chi connectivity index (χ1) is 40.7. The summed E-state index contributed by atoms with van der Waals surface area (Å²) < 4.78 is 0. The molecule has 0 spiro atoms. The lowest BCUT2D eigenvalue weighted by molar-refractivity contribution is 0.590. The number of hydrogen-bond acceptors (Lipinski definition) is 9. The van der Waals surface area contributed by atoms with Crippen molar-refractivity contribution in [3.63, 3.8) is 0 Å². The summed E-state index contributed by atoms with van der Waals surface area (Å²) >= 11 is 0. The minimum absolute atomic E-state index is 0.106. The lowest BCUT2D eigenvalue weighted by Crippen LogP contribution is -2.10. The molecule has 12 heteroatoms. The fourth-order valence-electron chi connectivity index (χ4n) is 12.0. The van der Waals surface area contributed by atoms with Crippen molar-refractivity contribution in [3.8, 4) is 104 Å². The van der Waals surface area contributed by atoms with E-state index in [-0.39, 0.29) is 60.8 Å². The van der Waals surface area contributed by atoms with E-state index in [1.54, 1.807) is 48.5 Å². The van der Waals surface area contributed by atoms with Crippen molar-refractivity contribution in [2.75, 3.05) is 0 Å². The highest BCUT2D eigenvalue weighted by Crippen LogP contribution is 2.50. The lowest BCUT2D eigenvalue weighted by atomic mass is 9.85. The molecule has 0 unspecified atom stereocenters. The molecule has 0 radical (unpaired) electrons. The maximum Gasteiger partial charge on any atom is 0.101 e.